The number of fused-ring (bicyclic) bond motifs is 1. The Morgan fingerprint density at radius 2 is 1.62 bits per heavy atom. The SMILES string of the molecule is COc1cc(OC)cc(N(CCCO)c2ccc3ncc(-c4ccnc(C(=O)NCCOCCOS(=O)(=O)c5ccc(C)cc5)c4)nc3c2)c1. The van der Waals surface area contributed by atoms with Crippen molar-refractivity contribution in [3.8, 4) is 22.8 Å². The summed E-state index contributed by atoms with van der Waals surface area (Å²) >= 11 is 0. The molecule has 0 aliphatic heterocycles. The fraction of sp³-hybridized carbons (Fsp3) is 0.278. The van der Waals surface area contributed by atoms with Crippen molar-refractivity contribution in [2.24, 2.45) is 0 Å². The molecular formula is C36H39N5O8S. The Kier molecular flexibility index (Phi) is 12.3. The molecule has 2 aromatic heterocycles. The van der Waals surface area contributed by atoms with Crippen LogP contribution in [0.2, 0.25) is 0 Å². The summed E-state index contributed by atoms with van der Waals surface area (Å²) in [5.74, 6) is 0.870. The van der Waals surface area contributed by atoms with Crippen LogP contribution in [0.4, 0.5) is 11.4 Å². The first-order chi connectivity index (χ1) is 24.2. The molecule has 14 heteroatoms. The molecule has 0 atom stereocenters. The third-order valence-electron chi connectivity index (χ3n) is 7.62. The number of aliphatic hydroxyl groups excluding tert-OH is 1. The summed E-state index contributed by atoms with van der Waals surface area (Å²) in [6, 6.07) is 21.1. The van der Waals surface area contributed by atoms with Crippen LogP contribution >= 0.6 is 0 Å². The van der Waals surface area contributed by atoms with Crippen LogP contribution in [0.25, 0.3) is 22.3 Å². The van der Waals surface area contributed by atoms with Crippen LogP contribution in [-0.4, -0.2) is 88.1 Å². The number of benzene rings is 3. The number of rotatable bonds is 17. The number of nitrogens with one attached hydrogen (secondary N) is 1. The third kappa shape index (κ3) is 9.30. The first-order valence-electron chi connectivity index (χ1n) is 15.9. The lowest BCUT2D eigenvalue weighted by Gasteiger charge is -2.26. The number of amides is 1. The fourth-order valence-electron chi connectivity index (χ4n) is 5.01. The van der Waals surface area contributed by atoms with Gasteiger partial charge >= 0.3 is 0 Å². The van der Waals surface area contributed by atoms with Gasteiger partial charge in [-0.15, -0.1) is 0 Å². The summed E-state index contributed by atoms with van der Waals surface area (Å²) in [6.07, 6.45) is 3.70. The van der Waals surface area contributed by atoms with Crippen molar-refractivity contribution < 1.29 is 36.7 Å². The Labute approximate surface area is 291 Å². The van der Waals surface area contributed by atoms with Crippen LogP contribution in [0.1, 0.15) is 22.5 Å². The Bertz CT molecular complexity index is 2000. The van der Waals surface area contributed by atoms with E-state index in [2.05, 4.69) is 15.3 Å². The second kappa shape index (κ2) is 17.0. The van der Waals surface area contributed by atoms with Gasteiger partial charge in [0.05, 0.1) is 61.9 Å². The molecule has 2 heterocycles. The highest BCUT2D eigenvalue weighted by Crippen LogP contribution is 2.34. The van der Waals surface area contributed by atoms with Crippen LogP contribution < -0.4 is 19.7 Å². The normalized spacial score (nSPS) is 11.4. The molecule has 5 rings (SSSR count). The van der Waals surface area contributed by atoms with Gasteiger partial charge in [0, 0.05) is 61.0 Å². The lowest BCUT2D eigenvalue weighted by molar-refractivity contribution is 0.0869. The van der Waals surface area contributed by atoms with Gasteiger partial charge in [-0.1, -0.05) is 17.7 Å². The molecule has 3 aromatic carbocycles. The number of aromatic nitrogens is 3. The minimum Gasteiger partial charge on any atom is -0.497 e. The quantitative estimate of drug-likeness (QED) is 0.102. The number of pyridine rings is 1. The van der Waals surface area contributed by atoms with E-state index in [1.165, 1.54) is 18.3 Å². The maximum atomic E-state index is 12.9. The van der Waals surface area contributed by atoms with Crippen molar-refractivity contribution in [1.82, 2.24) is 20.3 Å². The highest BCUT2D eigenvalue weighted by molar-refractivity contribution is 7.86. The second-order valence-corrected chi connectivity index (χ2v) is 12.7. The molecule has 0 radical (unpaired) electrons. The predicted octanol–water partition coefficient (Wildman–Crippen LogP) is 4.69. The minimum absolute atomic E-state index is 0.0243. The summed E-state index contributed by atoms with van der Waals surface area (Å²) < 4.78 is 46.0. The van der Waals surface area contributed by atoms with Crippen molar-refractivity contribution in [2.75, 3.05) is 58.6 Å². The van der Waals surface area contributed by atoms with Crippen LogP contribution in [-0.2, 0) is 19.0 Å². The lowest BCUT2D eigenvalue weighted by Crippen LogP contribution is -2.28. The van der Waals surface area contributed by atoms with Gasteiger partial charge in [0.1, 0.15) is 17.2 Å². The molecule has 0 fully saturated rings. The molecular weight excluding hydrogens is 662 g/mol. The summed E-state index contributed by atoms with van der Waals surface area (Å²) in [6.45, 7) is 2.63. The maximum absolute atomic E-state index is 12.9. The topological polar surface area (TPSA) is 162 Å². The van der Waals surface area contributed by atoms with Crippen molar-refractivity contribution in [3.63, 3.8) is 0 Å². The number of hydrogen-bond acceptors (Lipinski definition) is 12. The van der Waals surface area contributed by atoms with Gasteiger partial charge in [-0.05, 0) is 55.8 Å². The summed E-state index contributed by atoms with van der Waals surface area (Å²) in [4.78, 5) is 28.7. The number of aryl methyl sites for hydroxylation is 1. The standard InChI is InChI=1S/C36H39N5O8S/c1-25-5-8-31(9-6-25)50(44,45)49-18-17-48-16-13-38-36(43)34-19-26(11-12-37-34)35-24-39-32-10-7-27(22-33(32)40-35)41(14-4-15-42)28-20-29(46-2)23-30(21-28)47-3/h5-12,19-24,42H,4,13-18H2,1-3H3,(H,38,43). The van der Waals surface area contributed by atoms with E-state index in [0.717, 1.165) is 16.9 Å². The maximum Gasteiger partial charge on any atom is 0.297 e. The molecule has 1 amide bonds. The average molecular weight is 702 g/mol. The van der Waals surface area contributed by atoms with Gasteiger partial charge in [0.25, 0.3) is 16.0 Å². The molecule has 0 aliphatic rings. The molecule has 13 nitrogen and oxygen atoms in total. The van der Waals surface area contributed by atoms with Crippen molar-refractivity contribution in [3.05, 3.63) is 96.4 Å². The number of nitrogens with zero attached hydrogens (tertiary/aromatic N) is 4. The Hall–Kier alpha value is -5.15. The Morgan fingerprint density at radius 1 is 0.860 bits per heavy atom. The van der Waals surface area contributed by atoms with Crippen molar-refractivity contribution >= 4 is 38.4 Å². The molecule has 50 heavy (non-hydrogen) atoms. The fourth-order valence-corrected chi connectivity index (χ4v) is 5.90. The zero-order valence-electron chi connectivity index (χ0n) is 28.0. The van der Waals surface area contributed by atoms with E-state index in [4.69, 9.17) is 23.4 Å². The van der Waals surface area contributed by atoms with Gasteiger partial charge in [-0.3, -0.25) is 18.9 Å². The minimum atomic E-state index is -3.87. The summed E-state index contributed by atoms with van der Waals surface area (Å²) in [5, 5.41) is 12.4. The zero-order chi connectivity index (χ0) is 35.5. The van der Waals surface area contributed by atoms with E-state index >= 15 is 0 Å². The zero-order valence-corrected chi connectivity index (χ0v) is 28.9. The van der Waals surface area contributed by atoms with E-state index in [9.17, 15) is 18.3 Å². The average Bonchev–Trinajstić information content (AvgIpc) is 3.14. The number of anilines is 2. The van der Waals surface area contributed by atoms with Gasteiger partial charge in [-0.2, -0.15) is 8.42 Å². The molecule has 262 valence electrons. The molecule has 0 aliphatic carbocycles. The number of carbonyl (C=O) groups is 1. The van der Waals surface area contributed by atoms with Gasteiger partial charge in [0.15, 0.2) is 0 Å². The van der Waals surface area contributed by atoms with E-state index in [1.807, 2.05) is 42.2 Å². The monoisotopic (exact) mass is 701 g/mol. The molecule has 0 spiro atoms. The first-order valence-corrected chi connectivity index (χ1v) is 17.3. The molecule has 2 N–H and O–H groups in total. The first kappa shape index (κ1) is 36.1. The highest BCUT2D eigenvalue weighted by Gasteiger charge is 2.16. The van der Waals surface area contributed by atoms with E-state index in [-0.39, 0.29) is 43.6 Å². The van der Waals surface area contributed by atoms with Crippen LogP contribution in [0.15, 0.2) is 90.1 Å². The van der Waals surface area contributed by atoms with Crippen molar-refractivity contribution in [1.29, 1.82) is 0 Å². The van der Waals surface area contributed by atoms with Crippen LogP contribution in [0.3, 0.4) is 0 Å². The highest BCUT2D eigenvalue weighted by atomic mass is 32.2. The smallest absolute Gasteiger partial charge is 0.297 e. The molecule has 0 unspecified atom stereocenters. The van der Waals surface area contributed by atoms with Crippen LogP contribution in [0.5, 0.6) is 11.5 Å². The number of aliphatic hydroxyl groups is 1. The lowest BCUT2D eigenvalue weighted by atomic mass is 10.1. The summed E-state index contributed by atoms with van der Waals surface area (Å²) in [7, 11) is -0.684. The van der Waals surface area contributed by atoms with Gasteiger partial charge in [-0.25, -0.2) is 4.98 Å². The summed E-state index contributed by atoms with van der Waals surface area (Å²) in [5.41, 5.74) is 5.33. The number of hydrogen-bond donors (Lipinski definition) is 2. The number of methoxy groups -OCH3 is 2. The van der Waals surface area contributed by atoms with Crippen LogP contribution in [0, 0.1) is 6.92 Å². The molecule has 0 saturated heterocycles. The number of carbonyl (C=O) groups excluding carboxylic acids is 1. The predicted molar refractivity (Wildman–Crippen MR) is 188 cm³/mol. The van der Waals surface area contributed by atoms with Crippen molar-refractivity contribution in [2.45, 2.75) is 18.2 Å². The second-order valence-electron chi connectivity index (χ2n) is 11.1. The number of ether oxygens (including phenoxy) is 3. The Balaban J connectivity index is 1.21. The largest absolute Gasteiger partial charge is 0.497 e. The van der Waals surface area contributed by atoms with E-state index in [1.54, 1.807) is 50.7 Å². The van der Waals surface area contributed by atoms with E-state index < -0.39 is 16.0 Å². The molecule has 5 aromatic rings. The third-order valence-corrected chi connectivity index (χ3v) is 8.95. The molecule has 0 saturated carbocycles. The van der Waals surface area contributed by atoms with Gasteiger partial charge < -0.3 is 29.5 Å². The van der Waals surface area contributed by atoms with Gasteiger partial charge in [0.2, 0.25) is 0 Å². The Morgan fingerprint density at radius 3 is 2.34 bits per heavy atom. The molecule has 0 bridgehead atoms. The van der Waals surface area contributed by atoms with E-state index in [0.29, 0.717) is 46.8 Å².